The van der Waals surface area contributed by atoms with Crippen LogP contribution in [-0.4, -0.2) is 27.3 Å². The SMILES string of the molecule is CCNC(=NCc1ccc(-n2cncn2)cc1)NCc1ccc(C)cc1C. The lowest BCUT2D eigenvalue weighted by Gasteiger charge is -2.13. The molecule has 2 aromatic carbocycles. The summed E-state index contributed by atoms with van der Waals surface area (Å²) >= 11 is 0. The van der Waals surface area contributed by atoms with Gasteiger partial charge in [0.1, 0.15) is 12.7 Å². The third-order valence-electron chi connectivity index (χ3n) is 4.33. The molecule has 0 aliphatic rings. The molecule has 0 atom stereocenters. The van der Waals surface area contributed by atoms with Crippen LogP contribution < -0.4 is 10.6 Å². The number of nitrogens with zero attached hydrogens (tertiary/aromatic N) is 4. The van der Waals surface area contributed by atoms with Crippen LogP contribution in [0.15, 0.2) is 60.1 Å². The molecule has 0 amide bonds. The molecule has 1 heterocycles. The summed E-state index contributed by atoms with van der Waals surface area (Å²) in [6.45, 7) is 8.52. The smallest absolute Gasteiger partial charge is 0.191 e. The van der Waals surface area contributed by atoms with Crippen molar-refractivity contribution in [1.82, 2.24) is 25.4 Å². The minimum absolute atomic E-state index is 0.611. The average Bonchev–Trinajstić information content (AvgIpc) is 3.20. The zero-order chi connectivity index (χ0) is 19.1. The van der Waals surface area contributed by atoms with E-state index in [1.807, 2.05) is 12.1 Å². The number of guanidine groups is 1. The maximum atomic E-state index is 4.70. The summed E-state index contributed by atoms with van der Waals surface area (Å²) < 4.78 is 1.74. The first-order valence-electron chi connectivity index (χ1n) is 9.18. The minimum Gasteiger partial charge on any atom is -0.357 e. The minimum atomic E-state index is 0.611. The van der Waals surface area contributed by atoms with Crippen molar-refractivity contribution < 1.29 is 0 Å². The van der Waals surface area contributed by atoms with E-state index < -0.39 is 0 Å². The van der Waals surface area contributed by atoms with Crippen molar-refractivity contribution in [2.24, 2.45) is 4.99 Å². The Morgan fingerprint density at radius 2 is 1.89 bits per heavy atom. The van der Waals surface area contributed by atoms with Gasteiger partial charge in [0, 0.05) is 13.1 Å². The third kappa shape index (κ3) is 5.17. The van der Waals surface area contributed by atoms with Crippen molar-refractivity contribution in [1.29, 1.82) is 0 Å². The number of benzene rings is 2. The zero-order valence-corrected chi connectivity index (χ0v) is 16.1. The monoisotopic (exact) mass is 362 g/mol. The van der Waals surface area contributed by atoms with E-state index in [4.69, 9.17) is 4.99 Å². The first kappa shape index (κ1) is 18.6. The molecule has 6 heteroatoms. The van der Waals surface area contributed by atoms with Crippen LogP contribution >= 0.6 is 0 Å². The molecule has 0 saturated carbocycles. The fraction of sp³-hybridized carbons (Fsp3) is 0.286. The zero-order valence-electron chi connectivity index (χ0n) is 16.1. The molecule has 0 unspecified atom stereocenters. The van der Waals surface area contributed by atoms with E-state index in [0.29, 0.717) is 6.54 Å². The molecular weight excluding hydrogens is 336 g/mol. The molecule has 3 aromatic rings. The van der Waals surface area contributed by atoms with Crippen LogP contribution in [0.2, 0.25) is 0 Å². The number of rotatable bonds is 6. The summed E-state index contributed by atoms with van der Waals surface area (Å²) in [6.07, 6.45) is 3.22. The predicted molar refractivity (Wildman–Crippen MR) is 109 cm³/mol. The second-order valence-corrected chi connectivity index (χ2v) is 6.49. The molecule has 1 aromatic heterocycles. The highest BCUT2D eigenvalue weighted by Gasteiger charge is 2.02. The number of aryl methyl sites for hydroxylation is 2. The first-order valence-corrected chi connectivity index (χ1v) is 9.18. The Bertz CT molecular complexity index is 882. The lowest BCUT2D eigenvalue weighted by atomic mass is 10.1. The third-order valence-corrected chi connectivity index (χ3v) is 4.33. The first-order chi connectivity index (χ1) is 13.2. The molecule has 0 aliphatic heterocycles. The van der Waals surface area contributed by atoms with E-state index in [0.717, 1.165) is 30.3 Å². The van der Waals surface area contributed by atoms with Gasteiger partial charge < -0.3 is 10.6 Å². The van der Waals surface area contributed by atoms with Gasteiger partial charge in [0.05, 0.1) is 12.2 Å². The highest BCUT2D eigenvalue weighted by molar-refractivity contribution is 5.79. The second kappa shape index (κ2) is 8.98. The lowest BCUT2D eigenvalue weighted by molar-refractivity contribution is 0.812. The maximum Gasteiger partial charge on any atom is 0.191 e. The Morgan fingerprint density at radius 3 is 2.56 bits per heavy atom. The number of aliphatic imine (C=N–C) groups is 1. The van der Waals surface area contributed by atoms with Gasteiger partial charge in [0.25, 0.3) is 0 Å². The van der Waals surface area contributed by atoms with Crippen LogP contribution in [0, 0.1) is 13.8 Å². The van der Waals surface area contributed by atoms with E-state index in [-0.39, 0.29) is 0 Å². The Morgan fingerprint density at radius 1 is 1.07 bits per heavy atom. The molecule has 0 aliphatic carbocycles. The number of hydrogen-bond acceptors (Lipinski definition) is 3. The summed E-state index contributed by atoms with van der Waals surface area (Å²) in [6, 6.07) is 14.7. The number of hydrogen-bond donors (Lipinski definition) is 2. The highest BCUT2D eigenvalue weighted by Crippen LogP contribution is 2.11. The quantitative estimate of drug-likeness (QED) is 0.522. The van der Waals surface area contributed by atoms with Gasteiger partial charge in [-0.15, -0.1) is 0 Å². The van der Waals surface area contributed by atoms with E-state index in [1.54, 1.807) is 11.0 Å². The van der Waals surface area contributed by atoms with Crippen molar-refractivity contribution in [2.45, 2.75) is 33.9 Å². The molecule has 6 nitrogen and oxygen atoms in total. The molecule has 140 valence electrons. The molecule has 2 N–H and O–H groups in total. The van der Waals surface area contributed by atoms with Gasteiger partial charge in [-0.1, -0.05) is 35.9 Å². The van der Waals surface area contributed by atoms with Gasteiger partial charge in [0.15, 0.2) is 5.96 Å². The molecule has 27 heavy (non-hydrogen) atoms. The Kier molecular flexibility index (Phi) is 6.20. The van der Waals surface area contributed by atoms with Gasteiger partial charge in [-0.25, -0.2) is 14.7 Å². The molecule has 0 radical (unpaired) electrons. The molecular formula is C21H26N6. The van der Waals surface area contributed by atoms with E-state index in [1.165, 1.54) is 23.0 Å². The number of nitrogens with one attached hydrogen (secondary N) is 2. The van der Waals surface area contributed by atoms with Gasteiger partial charge in [0.2, 0.25) is 0 Å². The maximum absolute atomic E-state index is 4.70. The topological polar surface area (TPSA) is 67.1 Å². The molecule has 0 spiro atoms. The fourth-order valence-electron chi connectivity index (χ4n) is 2.83. The second-order valence-electron chi connectivity index (χ2n) is 6.49. The summed E-state index contributed by atoms with van der Waals surface area (Å²) in [5, 5.41) is 10.9. The summed E-state index contributed by atoms with van der Waals surface area (Å²) in [7, 11) is 0. The summed E-state index contributed by atoms with van der Waals surface area (Å²) in [4.78, 5) is 8.67. The Labute approximate surface area is 160 Å². The van der Waals surface area contributed by atoms with Gasteiger partial charge in [-0.05, 0) is 49.6 Å². The highest BCUT2D eigenvalue weighted by atomic mass is 15.3. The molecule has 3 rings (SSSR count). The van der Waals surface area contributed by atoms with Crippen molar-refractivity contribution in [3.63, 3.8) is 0 Å². The van der Waals surface area contributed by atoms with Crippen LogP contribution in [0.3, 0.4) is 0 Å². The van der Waals surface area contributed by atoms with E-state index >= 15 is 0 Å². The van der Waals surface area contributed by atoms with Crippen LogP contribution in [0.25, 0.3) is 5.69 Å². The Balaban J connectivity index is 1.63. The van der Waals surface area contributed by atoms with Crippen LogP contribution in [0.5, 0.6) is 0 Å². The summed E-state index contributed by atoms with van der Waals surface area (Å²) in [5.41, 5.74) is 5.99. The van der Waals surface area contributed by atoms with Crippen molar-refractivity contribution in [3.05, 3.63) is 77.4 Å². The van der Waals surface area contributed by atoms with Gasteiger partial charge in [-0.3, -0.25) is 0 Å². The van der Waals surface area contributed by atoms with Crippen molar-refractivity contribution in [2.75, 3.05) is 6.54 Å². The van der Waals surface area contributed by atoms with Gasteiger partial charge in [-0.2, -0.15) is 5.10 Å². The lowest BCUT2D eigenvalue weighted by Crippen LogP contribution is -2.36. The number of aromatic nitrogens is 3. The molecule has 0 saturated heterocycles. The predicted octanol–water partition coefficient (Wildman–Crippen LogP) is 3.14. The van der Waals surface area contributed by atoms with Crippen LogP contribution in [0.4, 0.5) is 0 Å². The van der Waals surface area contributed by atoms with Crippen LogP contribution in [-0.2, 0) is 13.1 Å². The fourth-order valence-corrected chi connectivity index (χ4v) is 2.83. The molecule has 0 bridgehead atoms. The normalized spacial score (nSPS) is 11.4. The van der Waals surface area contributed by atoms with Crippen molar-refractivity contribution >= 4 is 5.96 Å². The summed E-state index contributed by atoms with van der Waals surface area (Å²) in [5.74, 6) is 0.817. The molecule has 0 fully saturated rings. The standard InChI is InChI=1S/C21H26N6/c1-4-23-21(25-13-19-8-5-16(2)11-17(19)3)24-12-18-6-9-20(10-7-18)27-15-22-14-26-27/h5-11,14-15H,4,12-13H2,1-3H3,(H2,23,24,25). The largest absolute Gasteiger partial charge is 0.357 e. The van der Waals surface area contributed by atoms with E-state index in [2.05, 4.69) is 71.8 Å². The van der Waals surface area contributed by atoms with Gasteiger partial charge >= 0.3 is 0 Å². The van der Waals surface area contributed by atoms with E-state index in [9.17, 15) is 0 Å². The van der Waals surface area contributed by atoms with Crippen molar-refractivity contribution in [3.8, 4) is 5.69 Å². The Hall–Kier alpha value is -3.15. The average molecular weight is 362 g/mol. The van der Waals surface area contributed by atoms with Crippen LogP contribution in [0.1, 0.15) is 29.2 Å².